The van der Waals surface area contributed by atoms with Crippen molar-refractivity contribution in [2.45, 2.75) is 25.8 Å². The Hall–Kier alpha value is -3.56. The molecule has 1 aliphatic rings. The molecule has 0 spiro atoms. The first-order valence-electron chi connectivity index (χ1n) is 10.0. The number of aryl methyl sites for hydroxylation is 1. The molecule has 0 aliphatic carbocycles. The van der Waals surface area contributed by atoms with E-state index in [1.165, 1.54) is 35.9 Å². The Labute approximate surface area is 198 Å². The van der Waals surface area contributed by atoms with Crippen molar-refractivity contribution in [3.63, 3.8) is 0 Å². The van der Waals surface area contributed by atoms with Crippen molar-refractivity contribution in [3.8, 4) is 0 Å². The van der Waals surface area contributed by atoms with E-state index in [1.54, 1.807) is 37.3 Å². The molecule has 4 rings (SSSR count). The van der Waals surface area contributed by atoms with Gasteiger partial charge < -0.3 is 0 Å². The molecule has 4 amide bonds. The van der Waals surface area contributed by atoms with Crippen molar-refractivity contribution < 1.29 is 19.2 Å². The van der Waals surface area contributed by atoms with Gasteiger partial charge in [-0.25, -0.2) is 9.91 Å². The number of carbonyl (C=O) groups is 4. The van der Waals surface area contributed by atoms with Gasteiger partial charge in [0.05, 0.1) is 24.1 Å². The Morgan fingerprint density at radius 1 is 1.24 bits per heavy atom. The van der Waals surface area contributed by atoms with E-state index in [1.807, 2.05) is 5.38 Å². The van der Waals surface area contributed by atoms with E-state index < -0.39 is 29.7 Å². The molecule has 0 bridgehead atoms. The molecule has 1 aliphatic heterocycles. The van der Waals surface area contributed by atoms with Gasteiger partial charge in [0, 0.05) is 22.3 Å². The number of carbonyl (C=O) groups excluding carboxylic acids is 4. The lowest BCUT2D eigenvalue weighted by Gasteiger charge is -2.28. The number of pyridine rings is 1. The fourth-order valence-electron chi connectivity index (χ4n) is 3.53. The third-order valence-corrected chi connectivity index (χ3v) is 6.28. The van der Waals surface area contributed by atoms with E-state index in [2.05, 4.69) is 10.4 Å². The second-order valence-corrected chi connectivity index (χ2v) is 8.89. The fraction of sp³-hybridized carbons (Fsp3) is 0.174. The smallest absolute Gasteiger partial charge is 0.271 e. The highest BCUT2D eigenvalue weighted by atomic mass is 35.5. The number of hydrogen-bond acceptors (Lipinski definition) is 6. The molecule has 10 heteroatoms. The maximum atomic E-state index is 13.4. The van der Waals surface area contributed by atoms with Crippen LogP contribution < -0.4 is 10.3 Å². The van der Waals surface area contributed by atoms with Gasteiger partial charge in [-0.05, 0) is 48.2 Å². The van der Waals surface area contributed by atoms with Crippen LogP contribution in [0, 0.1) is 6.92 Å². The van der Waals surface area contributed by atoms with Crippen LogP contribution in [0.2, 0.25) is 5.02 Å². The summed E-state index contributed by atoms with van der Waals surface area (Å²) in [6.07, 6.45) is 2.56. The summed E-state index contributed by atoms with van der Waals surface area (Å²) in [5.41, 5.74) is 3.76. The molecule has 1 aromatic carbocycles. The first kappa shape index (κ1) is 22.6. The molecule has 1 fully saturated rings. The first-order valence-corrected chi connectivity index (χ1v) is 11.3. The number of hydrogen-bond donors (Lipinski definition) is 1. The molecule has 168 valence electrons. The topological polar surface area (TPSA) is 99.7 Å². The fourth-order valence-corrected chi connectivity index (χ4v) is 4.39. The Morgan fingerprint density at radius 2 is 2.06 bits per heavy atom. The number of amides is 4. The van der Waals surface area contributed by atoms with Gasteiger partial charge in [-0.2, -0.15) is 0 Å². The van der Waals surface area contributed by atoms with Gasteiger partial charge in [-0.1, -0.05) is 23.7 Å². The summed E-state index contributed by atoms with van der Waals surface area (Å²) in [4.78, 5) is 57.9. The van der Waals surface area contributed by atoms with Gasteiger partial charge in [-0.15, -0.1) is 11.3 Å². The van der Waals surface area contributed by atoms with Crippen molar-refractivity contribution in [2.24, 2.45) is 0 Å². The highest BCUT2D eigenvalue weighted by Crippen LogP contribution is 2.30. The van der Waals surface area contributed by atoms with Crippen LogP contribution in [-0.4, -0.2) is 39.7 Å². The van der Waals surface area contributed by atoms with Gasteiger partial charge in [0.1, 0.15) is 6.04 Å². The Morgan fingerprint density at radius 3 is 2.76 bits per heavy atom. The molecular weight excluding hydrogens is 464 g/mol. The molecule has 3 heterocycles. The minimum atomic E-state index is -1.19. The summed E-state index contributed by atoms with van der Waals surface area (Å²) in [5, 5.41) is 3.17. The monoisotopic (exact) mass is 482 g/mol. The van der Waals surface area contributed by atoms with Gasteiger partial charge in [-0.3, -0.25) is 29.6 Å². The average molecular weight is 483 g/mol. The summed E-state index contributed by atoms with van der Waals surface area (Å²) < 4.78 is 0. The third kappa shape index (κ3) is 4.79. The van der Waals surface area contributed by atoms with Gasteiger partial charge in [0.15, 0.2) is 0 Å². The summed E-state index contributed by atoms with van der Waals surface area (Å²) in [6, 6.07) is 10.4. The molecule has 1 unspecified atom stereocenters. The van der Waals surface area contributed by atoms with E-state index in [0.29, 0.717) is 16.3 Å². The maximum absolute atomic E-state index is 13.4. The number of imide groups is 1. The van der Waals surface area contributed by atoms with E-state index in [-0.39, 0.29) is 18.4 Å². The second kappa shape index (κ2) is 9.51. The number of anilines is 1. The third-order valence-electron chi connectivity index (χ3n) is 5.17. The van der Waals surface area contributed by atoms with Crippen molar-refractivity contribution in [3.05, 3.63) is 81.3 Å². The molecule has 0 saturated carbocycles. The van der Waals surface area contributed by atoms with E-state index in [0.717, 1.165) is 14.8 Å². The van der Waals surface area contributed by atoms with E-state index in [4.69, 9.17) is 11.6 Å². The predicted octanol–water partition coefficient (Wildman–Crippen LogP) is 3.15. The molecule has 2 aromatic heterocycles. The number of nitrogens with zero attached hydrogens (tertiary/aromatic N) is 3. The number of benzene rings is 1. The van der Waals surface area contributed by atoms with Crippen molar-refractivity contribution >= 4 is 52.3 Å². The Balaban J connectivity index is 1.65. The highest BCUT2D eigenvalue weighted by Gasteiger charge is 2.45. The van der Waals surface area contributed by atoms with Crippen molar-refractivity contribution in [2.75, 3.05) is 4.90 Å². The average Bonchev–Trinajstić information content (AvgIpc) is 3.41. The van der Waals surface area contributed by atoms with E-state index in [9.17, 15) is 19.2 Å². The molecule has 0 radical (unpaired) electrons. The van der Waals surface area contributed by atoms with Crippen LogP contribution >= 0.6 is 22.9 Å². The lowest BCUT2D eigenvalue weighted by molar-refractivity contribution is -0.140. The lowest BCUT2D eigenvalue weighted by atomic mass is 10.2. The van der Waals surface area contributed by atoms with Crippen molar-refractivity contribution in [1.29, 1.82) is 0 Å². The molecule has 8 nitrogen and oxygen atoms in total. The first-order chi connectivity index (χ1) is 15.8. The summed E-state index contributed by atoms with van der Waals surface area (Å²) in [6.45, 7) is 1.75. The summed E-state index contributed by atoms with van der Waals surface area (Å²) in [7, 11) is 0. The minimum Gasteiger partial charge on any atom is -0.274 e. The van der Waals surface area contributed by atoms with Crippen LogP contribution in [0.5, 0.6) is 0 Å². The van der Waals surface area contributed by atoms with Crippen LogP contribution in [0.3, 0.4) is 0 Å². The van der Waals surface area contributed by atoms with Gasteiger partial charge >= 0.3 is 0 Å². The largest absolute Gasteiger partial charge is 0.274 e. The van der Waals surface area contributed by atoms with Crippen LogP contribution in [0.15, 0.2) is 60.2 Å². The second-order valence-electron chi connectivity index (χ2n) is 7.42. The normalized spacial score (nSPS) is 15.6. The van der Waals surface area contributed by atoms with Crippen LogP contribution in [0.4, 0.5) is 5.69 Å². The van der Waals surface area contributed by atoms with Gasteiger partial charge in [0.25, 0.3) is 11.8 Å². The number of aromatic nitrogens is 1. The molecule has 1 N–H and O–H groups in total. The lowest BCUT2D eigenvalue weighted by Crippen LogP contribution is -2.55. The summed E-state index contributed by atoms with van der Waals surface area (Å²) in [5.74, 6) is -2.22. The van der Waals surface area contributed by atoms with Crippen LogP contribution in [-0.2, 0) is 20.8 Å². The van der Waals surface area contributed by atoms with Crippen LogP contribution in [0.25, 0.3) is 0 Å². The maximum Gasteiger partial charge on any atom is 0.271 e. The van der Waals surface area contributed by atoms with E-state index >= 15 is 0 Å². The Bertz CT molecular complexity index is 1220. The highest BCUT2D eigenvalue weighted by molar-refractivity contribution is 7.10. The number of nitrogens with one attached hydrogen (secondary N) is 1. The number of thiophene rings is 1. The standard InChI is InChI=1S/C23H19ClN4O4S/c1-14-6-7-16(24)10-18(14)27-20(29)12-19(23(27)32)28(21(30)11-17-5-3-9-33-17)26-22(31)15-4-2-8-25-13-15/h2-10,13,19H,11-12H2,1H3,(H,26,31). The zero-order valence-corrected chi connectivity index (χ0v) is 19.1. The number of halogens is 1. The van der Waals surface area contributed by atoms with Crippen LogP contribution in [0.1, 0.15) is 27.2 Å². The minimum absolute atomic E-state index is 0.0286. The Kier molecular flexibility index (Phi) is 6.52. The molecule has 33 heavy (non-hydrogen) atoms. The molecule has 3 aromatic rings. The number of hydrazine groups is 1. The van der Waals surface area contributed by atoms with Gasteiger partial charge in [0.2, 0.25) is 11.8 Å². The zero-order chi connectivity index (χ0) is 23.5. The molecule has 1 atom stereocenters. The summed E-state index contributed by atoms with van der Waals surface area (Å²) >= 11 is 7.46. The van der Waals surface area contributed by atoms with Crippen molar-refractivity contribution in [1.82, 2.24) is 15.4 Å². The SMILES string of the molecule is Cc1ccc(Cl)cc1N1C(=O)CC(N(NC(=O)c2cccnc2)C(=O)Cc2cccs2)C1=O. The quantitative estimate of drug-likeness (QED) is 0.445. The number of rotatable bonds is 5. The molecule has 1 saturated heterocycles. The predicted molar refractivity (Wildman–Crippen MR) is 124 cm³/mol. The molecular formula is C23H19ClN4O4S. The zero-order valence-electron chi connectivity index (χ0n) is 17.5.